The zero-order valence-electron chi connectivity index (χ0n) is 24.3. The van der Waals surface area contributed by atoms with Crippen LogP contribution in [0, 0.1) is 0 Å². The van der Waals surface area contributed by atoms with Crippen molar-refractivity contribution >= 4 is 6.09 Å². The summed E-state index contributed by atoms with van der Waals surface area (Å²) in [5.74, 6) is 0.997. The summed E-state index contributed by atoms with van der Waals surface area (Å²) >= 11 is 0. The third-order valence-electron chi connectivity index (χ3n) is 8.20. The lowest BCUT2D eigenvalue weighted by atomic mass is 9.94. The molecule has 1 N–H and O–H groups in total. The molecule has 37 heavy (non-hydrogen) atoms. The normalized spacial score (nSPS) is 20.2. The second-order valence-corrected chi connectivity index (χ2v) is 11.2. The number of rotatable bonds is 9. The van der Waals surface area contributed by atoms with Gasteiger partial charge >= 0.3 is 6.09 Å². The van der Waals surface area contributed by atoms with Crippen molar-refractivity contribution in [3.8, 4) is 0 Å². The summed E-state index contributed by atoms with van der Waals surface area (Å²) in [6.07, 6.45) is 19.4. The van der Waals surface area contributed by atoms with Gasteiger partial charge in [-0.25, -0.2) is 4.79 Å². The van der Waals surface area contributed by atoms with Crippen molar-refractivity contribution in [1.29, 1.82) is 0 Å². The zero-order chi connectivity index (χ0) is 26.8. The summed E-state index contributed by atoms with van der Waals surface area (Å²) < 4.78 is 12.3. The van der Waals surface area contributed by atoms with E-state index in [0.717, 1.165) is 62.1 Å². The Morgan fingerprint density at radius 3 is 2.38 bits per heavy atom. The van der Waals surface area contributed by atoms with Gasteiger partial charge in [-0.3, -0.25) is 0 Å². The van der Waals surface area contributed by atoms with E-state index in [1.165, 1.54) is 54.4 Å². The Hall–Kier alpha value is -2.43. The summed E-state index contributed by atoms with van der Waals surface area (Å²) in [7, 11) is 1.87. The van der Waals surface area contributed by atoms with E-state index in [1.54, 1.807) is 4.90 Å². The van der Waals surface area contributed by atoms with Gasteiger partial charge in [0.1, 0.15) is 12.4 Å². The van der Waals surface area contributed by atoms with Crippen molar-refractivity contribution < 1.29 is 14.3 Å². The van der Waals surface area contributed by atoms with E-state index >= 15 is 0 Å². The number of amides is 1. The number of allylic oxidation sites excluding steroid dienone is 6. The first-order valence-electron chi connectivity index (χ1n) is 14.6. The van der Waals surface area contributed by atoms with Crippen molar-refractivity contribution in [1.82, 2.24) is 10.2 Å². The zero-order valence-corrected chi connectivity index (χ0v) is 24.3. The Labute approximate surface area is 225 Å². The number of carbonyl (C=O) groups is 1. The highest BCUT2D eigenvalue weighted by molar-refractivity contribution is 5.68. The van der Waals surface area contributed by atoms with Crippen LogP contribution in [-0.4, -0.2) is 43.3 Å². The third-order valence-corrected chi connectivity index (χ3v) is 8.20. The summed E-state index contributed by atoms with van der Waals surface area (Å²) in [6.45, 7) is 11.9. The van der Waals surface area contributed by atoms with Crippen molar-refractivity contribution in [2.24, 2.45) is 0 Å². The van der Waals surface area contributed by atoms with Crippen molar-refractivity contribution in [3.63, 3.8) is 0 Å². The molecule has 5 nitrogen and oxygen atoms in total. The van der Waals surface area contributed by atoms with E-state index in [1.807, 2.05) is 7.05 Å². The molecule has 0 spiro atoms. The van der Waals surface area contributed by atoms with E-state index in [2.05, 4.69) is 58.2 Å². The van der Waals surface area contributed by atoms with Crippen LogP contribution in [0.4, 0.5) is 4.79 Å². The Morgan fingerprint density at radius 1 is 1.05 bits per heavy atom. The van der Waals surface area contributed by atoms with Crippen molar-refractivity contribution in [3.05, 3.63) is 57.5 Å². The van der Waals surface area contributed by atoms with Gasteiger partial charge in [-0.05, 0) is 102 Å². The van der Waals surface area contributed by atoms with Crippen LogP contribution in [0.15, 0.2) is 57.5 Å². The van der Waals surface area contributed by atoms with E-state index in [4.69, 9.17) is 9.47 Å². The molecule has 0 atom stereocenters. The maximum atomic E-state index is 12.7. The van der Waals surface area contributed by atoms with Crippen LogP contribution in [0.1, 0.15) is 105 Å². The summed E-state index contributed by atoms with van der Waals surface area (Å²) in [5, 5.41) is 3.52. The van der Waals surface area contributed by atoms with Crippen LogP contribution >= 0.6 is 0 Å². The Balaban J connectivity index is 1.77. The van der Waals surface area contributed by atoms with Crippen LogP contribution in [-0.2, 0) is 9.47 Å². The molecular formula is C32H50N2O3. The van der Waals surface area contributed by atoms with Gasteiger partial charge in [0.05, 0.1) is 6.10 Å². The fourth-order valence-electron chi connectivity index (χ4n) is 5.49. The lowest BCUT2D eigenvalue weighted by Crippen LogP contribution is -2.36. The van der Waals surface area contributed by atoms with Gasteiger partial charge in [0, 0.05) is 30.9 Å². The van der Waals surface area contributed by atoms with Crippen LogP contribution in [0.2, 0.25) is 0 Å². The summed E-state index contributed by atoms with van der Waals surface area (Å²) in [4.78, 5) is 14.5. The molecule has 1 heterocycles. The second-order valence-electron chi connectivity index (χ2n) is 11.2. The second kappa shape index (κ2) is 14.5. The fourth-order valence-corrected chi connectivity index (χ4v) is 5.49. The van der Waals surface area contributed by atoms with E-state index < -0.39 is 0 Å². The van der Waals surface area contributed by atoms with Gasteiger partial charge < -0.3 is 19.7 Å². The quantitative estimate of drug-likeness (QED) is 0.251. The molecule has 0 aromatic carbocycles. The average molecular weight is 511 g/mol. The molecule has 2 aliphatic carbocycles. The van der Waals surface area contributed by atoms with Gasteiger partial charge in [0.2, 0.25) is 0 Å². The molecule has 5 heteroatoms. The molecule has 0 unspecified atom stereocenters. The minimum atomic E-state index is -0.222. The molecule has 0 saturated heterocycles. The van der Waals surface area contributed by atoms with Crippen LogP contribution < -0.4 is 5.32 Å². The molecule has 206 valence electrons. The molecule has 1 aliphatic heterocycles. The SMILES string of the molecule is CC/C(C)=C(\C=C/C(OC1CCCCC1)=C(C)C)C1=CC(COC(=O)N(C)C2CCCC2)=C(C)NCC1. The predicted molar refractivity (Wildman–Crippen MR) is 153 cm³/mol. The molecule has 2 fully saturated rings. The largest absolute Gasteiger partial charge is 0.491 e. The lowest BCUT2D eigenvalue weighted by Gasteiger charge is -2.24. The maximum Gasteiger partial charge on any atom is 0.410 e. The van der Waals surface area contributed by atoms with Crippen LogP contribution in [0.5, 0.6) is 0 Å². The smallest absolute Gasteiger partial charge is 0.410 e. The first kappa shape index (κ1) is 29.1. The van der Waals surface area contributed by atoms with Crippen LogP contribution in [0.3, 0.4) is 0 Å². The first-order valence-corrected chi connectivity index (χ1v) is 14.6. The van der Waals surface area contributed by atoms with Gasteiger partial charge in [0.25, 0.3) is 0 Å². The highest BCUT2D eigenvalue weighted by Crippen LogP contribution is 2.29. The standard InChI is InChI=1S/C32H50N2O3/c1-7-24(4)30(17-18-31(23(2)3)37-29-15-9-8-10-16-29)26-19-20-33-25(5)27(21-26)22-36-32(35)34(6)28-13-11-12-14-28/h17-18,21,28-29,33H,7-16,19-20,22H2,1-6H3/b18-17-,30-24+. The molecule has 3 aliphatic rings. The van der Waals surface area contributed by atoms with Gasteiger partial charge in [-0.2, -0.15) is 0 Å². The van der Waals surface area contributed by atoms with Crippen LogP contribution in [0.25, 0.3) is 0 Å². The van der Waals surface area contributed by atoms with E-state index in [-0.39, 0.29) is 12.7 Å². The third kappa shape index (κ3) is 8.55. The monoisotopic (exact) mass is 510 g/mol. The predicted octanol–water partition coefficient (Wildman–Crippen LogP) is 8.12. The van der Waals surface area contributed by atoms with Gasteiger partial charge in [0.15, 0.2) is 0 Å². The minimum absolute atomic E-state index is 0.222. The Morgan fingerprint density at radius 2 is 1.73 bits per heavy atom. The summed E-state index contributed by atoms with van der Waals surface area (Å²) in [5.41, 5.74) is 7.22. The molecule has 0 radical (unpaired) electrons. The van der Waals surface area contributed by atoms with E-state index in [9.17, 15) is 4.79 Å². The average Bonchev–Trinajstić information content (AvgIpc) is 3.38. The maximum absolute atomic E-state index is 12.7. The van der Waals surface area contributed by atoms with Gasteiger partial charge in [-0.15, -0.1) is 0 Å². The lowest BCUT2D eigenvalue weighted by molar-refractivity contribution is 0.0882. The highest BCUT2D eigenvalue weighted by atomic mass is 16.6. The van der Waals surface area contributed by atoms with Crippen molar-refractivity contribution in [2.45, 2.75) is 117 Å². The Kier molecular flexibility index (Phi) is 11.4. The van der Waals surface area contributed by atoms with Crippen molar-refractivity contribution in [2.75, 3.05) is 20.2 Å². The minimum Gasteiger partial charge on any atom is -0.491 e. The Bertz CT molecular complexity index is 937. The topological polar surface area (TPSA) is 50.8 Å². The summed E-state index contributed by atoms with van der Waals surface area (Å²) in [6, 6.07) is 0.313. The van der Waals surface area contributed by atoms with Gasteiger partial charge in [-0.1, -0.05) is 43.9 Å². The van der Waals surface area contributed by atoms with E-state index in [0.29, 0.717) is 12.1 Å². The number of nitrogens with zero attached hydrogens (tertiary/aromatic N) is 1. The molecule has 2 saturated carbocycles. The number of ether oxygens (including phenoxy) is 2. The first-order chi connectivity index (χ1) is 17.8. The molecule has 3 rings (SSSR count). The molecule has 0 aromatic heterocycles. The fraction of sp³-hybridized carbons (Fsp3) is 0.656. The number of nitrogens with one attached hydrogen (secondary N) is 1. The molecule has 1 amide bonds. The highest BCUT2D eigenvalue weighted by Gasteiger charge is 2.25. The molecule has 0 bridgehead atoms. The number of hydrogen-bond acceptors (Lipinski definition) is 4. The number of carbonyl (C=O) groups excluding carboxylic acids is 1. The molecule has 0 aromatic rings. The number of hydrogen-bond donors (Lipinski definition) is 1. The molecular weight excluding hydrogens is 460 g/mol.